The fourth-order valence-corrected chi connectivity index (χ4v) is 7.25. The van der Waals surface area contributed by atoms with E-state index in [0.717, 1.165) is 21.2 Å². The van der Waals surface area contributed by atoms with E-state index >= 15 is 0 Å². The lowest BCUT2D eigenvalue weighted by molar-refractivity contribution is -1.12. The Bertz CT molecular complexity index is 1170. The van der Waals surface area contributed by atoms with Crippen molar-refractivity contribution in [3.63, 3.8) is 0 Å². The number of carbonyl (C=O) groups is 3. The third kappa shape index (κ3) is 3.61. The molecule has 3 aromatic heterocycles. The van der Waals surface area contributed by atoms with Gasteiger partial charge in [0, 0.05) is 25.6 Å². The number of rotatable bonds is 5. The molecule has 2 saturated heterocycles. The number of nitrogens with zero attached hydrogens (tertiary/aromatic N) is 2. The van der Waals surface area contributed by atoms with Crippen LogP contribution in [-0.2, 0) is 19.2 Å². The zero-order chi connectivity index (χ0) is 22.5. The van der Waals surface area contributed by atoms with Gasteiger partial charge in [-0.05, 0) is 55.5 Å². The average molecular weight is 490 g/mol. The van der Waals surface area contributed by atoms with E-state index in [2.05, 4.69) is 23.6 Å². The largest absolute Gasteiger partial charge is 0.397 e. The van der Waals surface area contributed by atoms with Crippen molar-refractivity contribution < 1.29 is 29.2 Å². The standard InChI is InChI=1S/C22H21N2O5S3/c1-13-4-5-14(22(27)29-24(28)20(25)10-11-21(24)26)23(13)19-9-8-18(32-19)17-7-6-16(31-17)15-3-2-12-30-15/h2-3,6-9,12-14,28H,4-5,10-11H2,1H3/q+1/t13?,14-/m0/s1. The molecule has 2 aliphatic rings. The van der Waals surface area contributed by atoms with Crippen molar-refractivity contribution >= 4 is 56.8 Å². The van der Waals surface area contributed by atoms with Crippen molar-refractivity contribution in [2.24, 2.45) is 0 Å². The zero-order valence-corrected chi connectivity index (χ0v) is 19.7. The fourth-order valence-electron chi connectivity index (χ4n) is 4.16. The van der Waals surface area contributed by atoms with E-state index in [-0.39, 0.29) is 18.9 Å². The molecule has 1 unspecified atom stereocenters. The van der Waals surface area contributed by atoms with E-state index in [9.17, 15) is 19.6 Å². The molecule has 0 radical (unpaired) electrons. The van der Waals surface area contributed by atoms with E-state index in [4.69, 9.17) is 4.84 Å². The summed E-state index contributed by atoms with van der Waals surface area (Å²) < 4.78 is 0. The van der Waals surface area contributed by atoms with Crippen LogP contribution in [0.3, 0.4) is 0 Å². The van der Waals surface area contributed by atoms with Crippen LogP contribution in [0.25, 0.3) is 19.5 Å². The first-order chi connectivity index (χ1) is 15.4. The van der Waals surface area contributed by atoms with Crippen LogP contribution < -0.4 is 4.90 Å². The van der Waals surface area contributed by atoms with Crippen LogP contribution in [0.15, 0.2) is 41.8 Å². The Hall–Kier alpha value is -2.37. The molecule has 166 valence electrons. The molecule has 0 aliphatic carbocycles. The normalized spacial score (nSPS) is 22.6. The molecule has 7 nitrogen and oxygen atoms in total. The van der Waals surface area contributed by atoms with Crippen LogP contribution in [-0.4, -0.2) is 39.9 Å². The van der Waals surface area contributed by atoms with E-state index in [1.54, 1.807) is 34.0 Å². The number of thiophene rings is 3. The molecule has 2 aliphatic heterocycles. The highest BCUT2D eigenvalue weighted by Crippen LogP contribution is 2.43. The van der Waals surface area contributed by atoms with Crippen molar-refractivity contribution in [3.05, 3.63) is 41.8 Å². The summed E-state index contributed by atoms with van der Waals surface area (Å²) in [5.74, 6) is -2.37. The molecule has 3 aromatic rings. The molecule has 2 amide bonds. The number of hydroxylamine groups is 4. The number of hydrogen-bond acceptors (Lipinski definition) is 9. The molecule has 5 rings (SSSR count). The first-order valence-electron chi connectivity index (χ1n) is 10.3. The highest BCUT2D eigenvalue weighted by molar-refractivity contribution is 7.27. The minimum atomic E-state index is -1.87. The number of quaternary nitrogens is 1. The number of imide groups is 1. The minimum absolute atomic E-state index is 0.0844. The van der Waals surface area contributed by atoms with Crippen LogP contribution >= 0.6 is 34.0 Å². The molecule has 10 heteroatoms. The fraction of sp³-hybridized carbons (Fsp3) is 0.318. The number of anilines is 1. The molecule has 0 aromatic carbocycles. The van der Waals surface area contributed by atoms with Gasteiger partial charge in [-0.15, -0.1) is 34.0 Å². The molecule has 2 fully saturated rings. The summed E-state index contributed by atoms with van der Waals surface area (Å²) in [5, 5.41) is 13.3. The predicted octanol–water partition coefficient (Wildman–Crippen LogP) is 5.07. The first kappa shape index (κ1) is 21.5. The second-order valence-corrected chi connectivity index (χ2v) is 11.0. The second kappa shape index (κ2) is 8.20. The third-order valence-corrected chi connectivity index (χ3v) is 9.30. The van der Waals surface area contributed by atoms with Crippen LogP contribution in [0.1, 0.15) is 32.6 Å². The van der Waals surface area contributed by atoms with Gasteiger partial charge in [0.15, 0.2) is 0 Å². The molecular formula is C22H21N2O5S3+. The predicted molar refractivity (Wildman–Crippen MR) is 123 cm³/mol. The Morgan fingerprint density at radius 1 is 1.00 bits per heavy atom. The van der Waals surface area contributed by atoms with Gasteiger partial charge < -0.3 is 4.90 Å². The van der Waals surface area contributed by atoms with Gasteiger partial charge in [-0.2, -0.15) is 5.21 Å². The summed E-state index contributed by atoms with van der Waals surface area (Å²) >= 11 is 5.03. The number of amides is 2. The van der Waals surface area contributed by atoms with E-state index in [1.165, 1.54) is 9.75 Å². The van der Waals surface area contributed by atoms with Gasteiger partial charge in [-0.3, -0.25) is 0 Å². The Morgan fingerprint density at radius 2 is 1.66 bits per heavy atom. The molecule has 0 saturated carbocycles. The molecule has 32 heavy (non-hydrogen) atoms. The van der Waals surface area contributed by atoms with Crippen molar-refractivity contribution in [1.29, 1.82) is 0 Å². The summed E-state index contributed by atoms with van der Waals surface area (Å²) in [7, 11) is 0. The molecule has 1 N–H and O–H groups in total. The number of hydrogen-bond donors (Lipinski definition) is 1. The van der Waals surface area contributed by atoms with Crippen LogP contribution in [0.4, 0.5) is 5.00 Å². The van der Waals surface area contributed by atoms with Crippen molar-refractivity contribution in [2.75, 3.05) is 4.90 Å². The highest BCUT2D eigenvalue weighted by atomic mass is 32.1. The van der Waals surface area contributed by atoms with Gasteiger partial charge in [-0.25, -0.2) is 19.2 Å². The Morgan fingerprint density at radius 3 is 2.34 bits per heavy atom. The van der Waals surface area contributed by atoms with Crippen LogP contribution in [0, 0.1) is 0 Å². The average Bonchev–Trinajstić information content (AvgIpc) is 3.57. The lowest BCUT2D eigenvalue weighted by atomic mass is 10.2. The lowest BCUT2D eigenvalue weighted by Gasteiger charge is -2.28. The van der Waals surface area contributed by atoms with Crippen LogP contribution in [0.5, 0.6) is 0 Å². The smallest absolute Gasteiger partial charge is 0.347 e. The summed E-state index contributed by atoms with van der Waals surface area (Å²) in [6.07, 6.45) is 1.03. The van der Waals surface area contributed by atoms with Gasteiger partial charge in [0.05, 0.1) is 17.8 Å². The maximum atomic E-state index is 12.9. The Labute approximate surface area is 196 Å². The van der Waals surface area contributed by atoms with Crippen molar-refractivity contribution in [2.45, 2.75) is 44.7 Å². The molecule has 5 heterocycles. The molecule has 0 bridgehead atoms. The van der Waals surface area contributed by atoms with Gasteiger partial charge in [0.1, 0.15) is 10.9 Å². The maximum Gasteiger partial charge on any atom is 0.397 e. The molecule has 0 spiro atoms. The minimum Gasteiger partial charge on any atom is -0.347 e. The van der Waals surface area contributed by atoms with Gasteiger partial charge in [-0.1, -0.05) is 6.07 Å². The summed E-state index contributed by atoms with van der Waals surface area (Å²) in [6, 6.07) is 11.8. The quantitative estimate of drug-likeness (QED) is 0.306. The van der Waals surface area contributed by atoms with Crippen molar-refractivity contribution in [3.8, 4) is 19.5 Å². The van der Waals surface area contributed by atoms with E-state index in [1.807, 2.05) is 30.0 Å². The van der Waals surface area contributed by atoms with Crippen LogP contribution in [0.2, 0.25) is 0 Å². The summed E-state index contributed by atoms with van der Waals surface area (Å²) in [4.78, 5) is 46.7. The SMILES string of the molecule is CC1CC[C@@H](C(=O)O[N+]2(O)C(=O)CCC2=O)N1c1ccc(-c2ccc(-c3cccs3)s2)s1. The van der Waals surface area contributed by atoms with E-state index in [0.29, 0.717) is 6.42 Å². The first-order valence-corrected chi connectivity index (χ1v) is 12.8. The van der Waals surface area contributed by atoms with E-state index < -0.39 is 28.6 Å². The lowest BCUT2D eigenvalue weighted by Crippen LogP contribution is -2.54. The van der Waals surface area contributed by atoms with Crippen molar-refractivity contribution in [1.82, 2.24) is 0 Å². The Balaban J connectivity index is 1.37. The molecular weight excluding hydrogens is 468 g/mol. The molecule has 2 atom stereocenters. The third-order valence-electron chi connectivity index (χ3n) is 5.85. The summed E-state index contributed by atoms with van der Waals surface area (Å²) in [6.45, 7) is 2.03. The Kier molecular flexibility index (Phi) is 5.50. The van der Waals surface area contributed by atoms with Gasteiger partial charge in [0.25, 0.3) is 0 Å². The topological polar surface area (TPSA) is 83.9 Å². The second-order valence-electron chi connectivity index (χ2n) is 7.90. The monoisotopic (exact) mass is 489 g/mol. The summed E-state index contributed by atoms with van der Waals surface area (Å²) in [5.41, 5.74) is 0. The zero-order valence-electron chi connectivity index (χ0n) is 17.2. The van der Waals surface area contributed by atoms with Gasteiger partial charge in [0.2, 0.25) is 0 Å². The maximum absolute atomic E-state index is 12.9. The highest BCUT2D eigenvalue weighted by Gasteiger charge is 2.57. The van der Waals surface area contributed by atoms with Gasteiger partial charge >= 0.3 is 17.8 Å². The number of carbonyl (C=O) groups excluding carboxylic acids is 3.